The standard InChI is InChI=1S/C23H29NO6.ClH/c1-26-20-16-19(22(25)18-6-4-3-5-7-18)17-21(27-2)23(20)30-15-14-29-13-10-24-8-11-28-12-9-24;/h3-7,16-17H,8-15H2,1-2H3;1H. The van der Waals surface area contributed by atoms with Crippen LogP contribution in [-0.4, -0.2) is 77.6 Å². The summed E-state index contributed by atoms with van der Waals surface area (Å²) in [6.07, 6.45) is 0. The molecular formula is C23H30ClNO6. The van der Waals surface area contributed by atoms with Crippen LogP contribution < -0.4 is 14.2 Å². The maximum absolute atomic E-state index is 12.8. The van der Waals surface area contributed by atoms with Crippen LogP contribution in [0.1, 0.15) is 15.9 Å². The lowest BCUT2D eigenvalue weighted by molar-refractivity contribution is 0.0168. The number of nitrogens with zero attached hydrogens (tertiary/aromatic N) is 1. The van der Waals surface area contributed by atoms with Gasteiger partial charge in [-0.1, -0.05) is 30.3 Å². The third kappa shape index (κ3) is 7.11. The Morgan fingerprint density at radius 3 is 2.19 bits per heavy atom. The van der Waals surface area contributed by atoms with Crippen molar-refractivity contribution >= 4 is 18.2 Å². The first-order chi connectivity index (χ1) is 14.7. The van der Waals surface area contributed by atoms with E-state index >= 15 is 0 Å². The molecule has 31 heavy (non-hydrogen) atoms. The molecule has 2 aromatic rings. The first-order valence-electron chi connectivity index (χ1n) is 10.1. The molecule has 0 saturated carbocycles. The van der Waals surface area contributed by atoms with Gasteiger partial charge < -0.3 is 23.7 Å². The van der Waals surface area contributed by atoms with Crippen molar-refractivity contribution in [2.45, 2.75) is 0 Å². The Balaban J connectivity index is 0.00000341. The molecule has 1 aliphatic rings. The van der Waals surface area contributed by atoms with Gasteiger partial charge in [0.1, 0.15) is 6.61 Å². The van der Waals surface area contributed by atoms with Gasteiger partial charge in [-0.2, -0.15) is 0 Å². The number of hydrogen-bond donors (Lipinski definition) is 0. The van der Waals surface area contributed by atoms with Crippen molar-refractivity contribution < 1.29 is 28.5 Å². The SMILES string of the molecule is COc1cc(C(=O)c2ccccc2)cc(OC)c1OCCOCCN1CCOCC1.Cl. The second-order valence-corrected chi connectivity index (χ2v) is 6.82. The Kier molecular flexibility index (Phi) is 10.6. The third-order valence-electron chi connectivity index (χ3n) is 4.89. The van der Waals surface area contributed by atoms with Crippen LogP contribution in [0.5, 0.6) is 17.2 Å². The van der Waals surface area contributed by atoms with Crippen molar-refractivity contribution in [2.24, 2.45) is 0 Å². The Bertz CT molecular complexity index is 786. The quantitative estimate of drug-likeness (QED) is 0.384. The van der Waals surface area contributed by atoms with Crippen molar-refractivity contribution in [3.8, 4) is 17.2 Å². The zero-order valence-electron chi connectivity index (χ0n) is 18.0. The summed E-state index contributed by atoms with van der Waals surface area (Å²) < 4.78 is 27.8. The summed E-state index contributed by atoms with van der Waals surface area (Å²) in [7, 11) is 3.08. The number of carbonyl (C=O) groups excluding carboxylic acids is 1. The van der Waals surface area contributed by atoms with E-state index in [1.807, 2.05) is 18.2 Å². The van der Waals surface area contributed by atoms with Crippen molar-refractivity contribution in [3.05, 3.63) is 53.6 Å². The molecule has 7 nitrogen and oxygen atoms in total. The summed E-state index contributed by atoms with van der Waals surface area (Å²) in [5, 5.41) is 0. The summed E-state index contributed by atoms with van der Waals surface area (Å²) in [6, 6.07) is 12.4. The molecule has 1 aliphatic heterocycles. The van der Waals surface area contributed by atoms with Crippen molar-refractivity contribution in [2.75, 3.05) is 66.9 Å². The van der Waals surface area contributed by atoms with Crippen molar-refractivity contribution in [1.29, 1.82) is 0 Å². The van der Waals surface area contributed by atoms with Gasteiger partial charge in [0, 0.05) is 30.8 Å². The fourth-order valence-corrected chi connectivity index (χ4v) is 3.23. The van der Waals surface area contributed by atoms with Crippen LogP contribution in [-0.2, 0) is 9.47 Å². The van der Waals surface area contributed by atoms with E-state index in [1.54, 1.807) is 24.3 Å². The van der Waals surface area contributed by atoms with Gasteiger partial charge in [-0.05, 0) is 12.1 Å². The normalized spacial score (nSPS) is 13.9. The molecule has 1 fully saturated rings. The number of methoxy groups -OCH3 is 2. The number of rotatable bonds is 11. The van der Waals surface area contributed by atoms with Gasteiger partial charge in [-0.15, -0.1) is 12.4 Å². The smallest absolute Gasteiger partial charge is 0.203 e. The molecule has 1 heterocycles. The second kappa shape index (κ2) is 13.2. The number of morpholine rings is 1. The van der Waals surface area contributed by atoms with Crippen LogP contribution in [0.4, 0.5) is 0 Å². The highest BCUT2D eigenvalue weighted by Gasteiger charge is 2.18. The van der Waals surface area contributed by atoms with E-state index in [4.69, 9.17) is 23.7 Å². The largest absolute Gasteiger partial charge is 0.493 e. The van der Waals surface area contributed by atoms with Crippen LogP contribution in [0.3, 0.4) is 0 Å². The highest BCUT2D eigenvalue weighted by atomic mass is 35.5. The minimum absolute atomic E-state index is 0. The van der Waals surface area contributed by atoms with E-state index < -0.39 is 0 Å². The maximum atomic E-state index is 12.8. The summed E-state index contributed by atoms with van der Waals surface area (Å²) in [5.41, 5.74) is 1.08. The topological polar surface area (TPSA) is 66.5 Å². The van der Waals surface area contributed by atoms with E-state index in [-0.39, 0.29) is 18.2 Å². The van der Waals surface area contributed by atoms with Crippen LogP contribution in [0, 0.1) is 0 Å². The maximum Gasteiger partial charge on any atom is 0.203 e. The molecular weight excluding hydrogens is 422 g/mol. The number of carbonyl (C=O) groups is 1. The number of ketones is 1. The molecule has 0 atom stereocenters. The Morgan fingerprint density at radius 1 is 0.935 bits per heavy atom. The fraction of sp³-hybridized carbons (Fsp3) is 0.435. The van der Waals surface area contributed by atoms with E-state index in [0.717, 1.165) is 32.8 Å². The zero-order valence-corrected chi connectivity index (χ0v) is 18.8. The van der Waals surface area contributed by atoms with Gasteiger partial charge in [0.15, 0.2) is 17.3 Å². The molecule has 170 valence electrons. The van der Waals surface area contributed by atoms with Crippen molar-refractivity contribution in [3.63, 3.8) is 0 Å². The first-order valence-corrected chi connectivity index (χ1v) is 10.1. The van der Waals surface area contributed by atoms with Crippen LogP contribution in [0.25, 0.3) is 0 Å². The molecule has 0 radical (unpaired) electrons. The molecule has 0 spiro atoms. The van der Waals surface area contributed by atoms with Crippen LogP contribution in [0.2, 0.25) is 0 Å². The van der Waals surface area contributed by atoms with Gasteiger partial charge in [0.2, 0.25) is 5.75 Å². The summed E-state index contributed by atoms with van der Waals surface area (Å²) >= 11 is 0. The lowest BCUT2D eigenvalue weighted by Gasteiger charge is -2.26. The van der Waals surface area contributed by atoms with E-state index in [1.165, 1.54) is 14.2 Å². The minimum atomic E-state index is -0.106. The van der Waals surface area contributed by atoms with Gasteiger partial charge in [-0.3, -0.25) is 9.69 Å². The molecule has 0 N–H and O–H groups in total. The zero-order chi connectivity index (χ0) is 21.2. The average Bonchev–Trinajstić information content (AvgIpc) is 2.81. The highest BCUT2D eigenvalue weighted by molar-refractivity contribution is 6.09. The van der Waals surface area contributed by atoms with E-state index in [9.17, 15) is 4.79 Å². The van der Waals surface area contributed by atoms with Crippen LogP contribution in [0.15, 0.2) is 42.5 Å². The summed E-state index contributed by atoms with van der Waals surface area (Å²) in [4.78, 5) is 15.1. The molecule has 0 amide bonds. The Hall–Kier alpha value is -2.32. The van der Waals surface area contributed by atoms with E-state index in [0.29, 0.717) is 48.2 Å². The number of benzene rings is 2. The predicted molar refractivity (Wildman–Crippen MR) is 120 cm³/mol. The number of hydrogen-bond acceptors (Lipinski definition) is 7. The fourth-order valence-electron chi connectivity index (χ4n) is 3.23. The molecule has 2 aromatic carbocycles. The number of ether oxygens (including phenoxy) is 5. The summed E-state index contributed by atoms with van der Waals surface area (Å²) in [5.74, 6) is 1.25. The Morgan fingerprint density at radius 2 is 1.58 bits per heavy atom. The van der Waals surface area contributed by atoms with Gasteiger partial charge in [-0.25, -0.2) is 0 Å². The van der Waals surface area contributed by atoms with Gasteiger partial charge in [0.25, 0.3) is 0 Å². The van der Waals surface area contributed by atoms with Crippen LogP contribution >= 0.6 is 12.4 Å². The molecule has 1 saturated heterocycles. The highest BCUT2D eigenvalue weighted by Crippen LogP contribution is 2.39. The molecule has 0 aliphatic carbocycles. The lowest BCUT2D eigenvalue weighted by atomic mass is 10.0. The van der Waals surface area contributed by atoms with Gasteiger partial charge >= 0.3 is 0 Å². The first kappa shape index (κ1) is 24.9. The lowest BCUT2D eigenvalue weighted by Crippen LogP contribution is -2.38. The molecule has 8 heteroatoms. The monoisotopic (exact) mass is 451 g/mol. The minimum Gasteiger partial charge on any atom is -0.493 e. The summed E-state index contributed by atoms with van der Waals surface area (Å²) in [6.45, 7) is 5.78. The third-order valence-corrected chi connectivity index (χ3v) is 4.89. The van der Waals surface area contributed by atoms with E-state index in [2.05, 4.69) is 4.90 Å². The van der Waals surface area contributed by atoms with Crippen molar-refractivity contribution in [1.82, 2.24) is 4.90 Å². The predicted octanol–water partition coefficient (Wildman–Crippen LogP) is 3.08. The Labute approximate surface area is 189 Å². The van der Waals surface area contributed by atoms with Gasteiger partial charge in [0.05, 0.1) is 40.6 Å². The molecule has 3 rings (SSSR count). The molecule has 0 unspecified atom stereocenters. The molecule has 0 aromatic heterocycles. The average molecular weight is 452 g/mol. The number of halogens is 1. The second-order valence-electron chi connectivity index (χ2n) is 6.82. The molecule has 0 bridgehead atoms.